The van der Waals surface area contributed by atoms with E-state index in [4.69, 9.17) is 9.47 Å². The number of fused-ring (bicyclic) bond motifs is 1. The molecule has 1 fully saturated rings. The SMILES string of the molecule is CCOC(=O)c1cnn2ccc(N3CCC(CCOC)C3)nc12. The van der Waals surface area contributed by atoms with E-state index in [-0.39, 0.29) is 5.97 Å². The maximum Gasteiger partial charge on any atom is 0.343 e. The number of hydrogen-bond acceptors (Lipinski definition) is 6. The first kappa shape index (κ1) is 15.7. The summed E-state index contributed by atoms with van der Waals surface area (Å²) in [5, 5.41) is 4.16. The molecule has 124 valence electrons. The molecule has 0 spiro atoms. The number of rotatable bonds is 6. The zero-order valence-electron chi connectivity index (χ0n) is 13.6. The lowest BCUT2D eigenvalue weighted by atomic mass is 10.1. The Kier molecular flexibility index (Phi) is 4.76. The molecule has 7 heteroatoms. The van der Waals surface area contributed by atoms with Gasteiger partial charge in [0.05, 0.1) is 12.8 Å². The molecule has 23 heavy (non-hydrogen) atoms. The molecule has 0 radical (unpaired) electrons. The predicted octanol–water partition coefficient (Wildman–Crippen LogP) is 1.77. The van der Waals surface area contributed by atoms with E-state index < -0.39 is 0 Å². The Hall–Kier alpha value is -2.15. The smallest absolute Gasteiger partial charge is 0.343 e. The maximum atomic E-state index is 12.0. The van der Waals surface area contributed by atoms with Crippen LogP contribution in [0.5, 0.6) is 0 Å². The van der Waals surface area contributed by atoms with Gasteiger partial charge in [-0.15, -0.1) is 0 Å². The van der Waals surface area contributed by atoms with E-state index in [0.29, 0.717) is 23.7 Å². The number of hydrogen-bond donors (Lipinski definition) is 0. The number of ether oxygens (including phenoxy) is 2. The third-order valence-electron chi connectivity index (χ3n) is 4.19. The Morgan fingerprint density at radius 1 is 1.48 bits per heavy atom. The quantitative estimate of drug-likeness (QED) is 0.756. The van der Waals surface area contributed by atoms with Crippen LogP contribution in [0, 0.1) is 5.92 Å². The summed E-state index contributed by atoms with van der Waals surface area (Å²) >= 11 is 0. The molecule has 0 N–H and O–H groups in total. The molecule has 0 amide bonds. The van der Waals surface area contributed by atoms with Crippen molar-refractivity contribution in [3.05, 3.63) is 24.0 Å². The van der Waals surface area contributed by atoms with E-state index in [1.54, 1.807) is 18.5 Å². The second-order valence-corrected chi connectivity index (χ2v) is 5.71. The summed E-state index contributed by atoms with van der Waals surface area (Å²) in [4.78, 5) is 18.9. The Morgan fingerprint density at radius 2 is 2.35 bits per heavy atom. The van der Waals surface area contributed by atoms with Gasteiger partial charge in [0.1, 0.15) is 11.4 Å². The van der Waals surface area contributed by atoms with E-state index in [2.05, 4.69) is 15.0 Å². The highest BCUT2D eigenvalue weighted by molar-refractivity contribution is 5.95. The number of nitrogens with zero attached hydrogens (tertiary/aromatic N) is 4. The molecular formula is C16H22N4O3. The molecule has 3 rings (SSSR count). The number of carbonyl (C=O) groups excluding carboxylic acids is 1. The number of anilines is 1. The molecule has 1 atom stereocenters. The number of aromatic nitrogens is 3. The largest absolute Gasteiger partial charge is 0.462 e. The monoisotopic (exact) mass is 318 g/mol. The number of esters is 1. The number of carbonyl (C=O) groups is 1. The molecule has 1 unspecified atom stereocenters. The van der Waals surface area contributed by atoms with Crippen LogP contribution in [0.2, 0.25) is 0 Å². The van der Waals surface area contributed by atoms with E-state index in [1.165, 1.54) is 6.20 Å². The normalized spacial score (nSPS) is 17.8. The Balaban J connectivity index is 1.80. The highest BCUT2D eigenvalue weighted by Crippen LogP contribution is 2.25. The van der Waals surface area contributed by atoms with Crippen LogP contribution in [0.25, 0.3) is 5.65 Å². The molecular weight excluding hydrogens is 296 g/mol. The molecule has 3 heterocycles. The van der Waals surface area contributed by atoms with Gasteiger partial charge >= 0.3 is 5.97 Å². The summed E-state index contributed by atoms with van der Waals surface area (Å²) in [6, 6.07) is 1.94. The van der Waals surface area contributed by atoms with E-state index in [9.17, 15) is 4.79 Å². The molecule has 2 aromatic heterocycles. The van der Waals surface area contributed by atoms with Crippen molar-refractivity contribution in [3.8, 4) is 0 Å². The topological polar surface area (TPSA) is 69.0 Å². The first-order valence-electron chi connectivity index (χ1n) is 7.98. The van der Waals surface area contributed by atoms with Gasteiger partial charge in [-0.25, -0.2) is 14.3 Å². The van der Waals surface area contributed by atoms with Crippen LogP contribution >= 0.6 is 0 Å². The van der Waals surface area contributed by atoms with Gasteiger partial charge in [-0.2, -0.15) is 5.10 Å². The fourth-order valence-corrected chi connectivity index (χ4v) is 2.95. The first-order valence-corrected chi connectivity index (χ1v) is 7.98. The molecule has 0 aliphatic carbocycles. The lowest BCUT2D eigenvalue weighted by molar-refractivity contribution is 0.0528. The van der Waals surface area contributed by atoms with Crippen LogP contribution in [0.15, 0.2) is 18.5 Å². The van der Waals surface area contributed by atoms with Crippen molar-refractivity contribution in [2.45, 2.75) is 19.8 Å². The van der Waals surface area contributed by atoms with Crippen LogP contribution in [-0.2, 0) is 9.47 Å². The second kappa shape index (κ2) is 6.95. The minimum Gasteiger partial charge on any atom is -0.462 e. The van der Waals surface area contributed by atoms with Crippen molar-refractivity contribution < 1.29 is 14.3 Å². The zero-order valence-corrected chi connectivity index (χ0v) is 13.6. The molecule has 1 aliphatic rings. The van der Waals surface area contributed by atoms with E-state index >= 15 is 0 Å². The van der Waals surface area contributed by atoms with Crippen molar-refractivity contribution in [3.63, 3.8) is 0 Å². The Bertz CT molecular complexity index is 685. The van der Waals surface area contributed by atoms with Gasteiger partial charge in [0.25, 0.3) is 0 Å². The average Bonchev–Trinajstić information content (AvgIpc) is 3.19. The lowest BCUT2D eigenvalue weighted by Gasteiger charge is -2.17. The van der Waals surface area contributed by atoms with Crippen molar-refractivity contribution in [1.29, 1.82) is 0 Å². The Labute approximate surface area is 135 Å². The molecule has 2 aromatic rings. The van der Waals surface area contributed by atoms with Gasteiger partial charge in [-0.05, 0) is 31.7 Å². The third kappa shape index (κ3) is 3.29. The van der Waals surface area contributed by atoms with Gasteiger partial charge in [0.15, 0.2) is 5.65 Å². The predicted molar refractivity (Wildman–Crippen MR) is 85.8 cm³/mol. The van der Waals surface area contributed by atoms with Crippen LogP contribution < -0.4 is 4.90 Å². The van der Waals surface area contributed by atoms with Crippen LogP contribution in [0.1, 0.15) is 30.1 Å². The van der Waals surface area contributed by atoms with E-state index in [1.807, 2.05) is 12.3 Å². The fourth-order valence-electron chi connectivity index (χ4n) is 2.95. The summed E-state index contributed by atoms with van der Waals surface area (Å²) in [5.74, 6) is 1.12. The van der Waals surface area contributed by atoms with Crippen LogP contribution in [-0.4, -0.2) is 54.0 Å². The zero-order chi connectivity index (χ0) is 16.2. The average molecular weight is 318 g/mol. The van der Waals surface area contributed by atoms with Crippen molar-refractivity contribution in [2.75, 3.05) is 38.3 Å². The molecule has 1 aliphatic heterocycles. The van der Waals surface area contributed by atoms with Crippen molar-refractivity contribution >= 4 is 17.4 Å². The van der Waals surface area contributed by atoms with Gasteiger partial charge in [0, 0.05) is 33.0 Å². The summed E-state index contributed by atoms with van der Waals surface area (Å²) in [5.41, 5.74) is 0.949. The molecule has 0 saturated carbocycles. The standard InChI is InChI=1S/C16H22N4O3/c1-3-23-16(21)13-10-17-20-8-5-14(18-15(13)20)19-7-4-12(11-19)6-9-22-2/h5,8,10,12H,3-4,6-7,9,11H2,1-2H3. The lowest BCUT2D eigenvalue weighted by Crippen LogP contribution is -2.21. The van der Waals surface area contributed by atoms with Crippen LogP contribution in [0.3, 0.4) is 0 Å². The highest BCUT2D eigenvalue weighted by atomic mass is 16.5. The van der Waals surface area contributed by atoms with Gasteiger partial charge in [0.2, 0.25) is 0 Å². The molecule has 7 nitrogen and oxygen atoms in total. The summed E-state index contributed by atoms with van der Waals surface area (Å²) in [6.45, 7) is 4.85. The fraction of sp³-hybridized carbons (Fsp3) is 0.562. The van der Waals surface area contributed by atoms with Crippen molar-refractivity contribution in [1.82, 2.24) is 14.6 Å². The Morgan fingerprint density at radius 3 is 3.13 bits per heavy atom. The highest BCUT2D eigenvalue weighted by Gasteiger charge is 2.24. The summed E-state index contributed by atoms with van der Waals surface area (Å²) in [6.07, 6.45) is 5.55. The summed E-state index contributed by atoms with van der Waals surface area (Å²) < 4.78 is 11.8. The van der Waals surface area contributed by atoms with Gasteiger partial charge in [-0.3, -0.25) is 0 Å². The van der Waals surface area contributed by atoms with E-state index in [0.717, 1.165) is 38.4 Å². The first-order chi connectivity index (χ1) is 11.2. The second-order valence-electron chi connectivity index (χ2n) is 5.71. The maximum absolute atomic E-state index is 12.0. The number of methoxy groups -OCH3 is 1. The minimum absolute atomic E-state index is 0.336. The summed E-state index contributed by atoms with van der Waals surface area (Å²) in [7, 11) is 1.73. The minimum atomic E-state index is -0.383. The van der Waals surface area contributed by atoms with Gasteiger partial charge < -0.3 is 14.4 Å². The van der Waals surface area contributed by atoms with Crippen molar-refractivity contribution in [2.24, 2.45) is 5.92 Å². The molecule has 0 bridgehead atoms. The molecule has 0 aromatic carbocycles. The third-order valence-corrected chi connectivity index (χ3v) is 4.19. The van der Waals surface area contributed by atoms with Gasteiger partial charge in [-0.1, -0.05) is 0 Å². The van der Waals surface area contributed by atoms with Crippen LogP contribution in [0.4, 0.5) is 5.82 Å². The molecule has 1 saturated heterocycles.